The molecule has 0 fully saturated rings. The van der Waals surface area contributed by atoms with Crippen LogP contribution in [0.3, 0.4) is 0 Å². The largest absolute Gasteiger partial charge is 0.478 e. The van der Waals surface area contributed by atoms with E-state index in [1.54, 1.807) is 19.0 Å². The molecule has 0 heterocycles. The standard InChI is InChI=1S/C11H13NO4/c1-12(2)7-10(13)16-9-5-3-8(4-6-9)11(14)15/h3-6H,7H2,1-2H3,(H,14,15). The van der Waals surface area contributed by atoms with Crippen LogP contribution in [-0.2, 0) is 4.79 Å². The quantitative estimate of drug-likeness (QED) is 0.605. The van der Waals surface area contributed by atoms with E-state index in [2.05, 4.69) is 0 Å². The molecule has 1 aromatic rings. The predicted octanol–water partition coefficient (Wildman–Crippen LogP) is 0.852. The smallest absolute Gasteiger partial charge is 0.335 e. The lowest BCUT2D eigenvalue weighted by atomic mass is 10.2. The lowest BCUT2D eigenvalue weighted by molar-refractivity contribution is -0.135. The van der Waals surface area contributed by atoms with Gasteiger partial charge < -0.3 is 9.84 Å². The van der Waals surface area contributed by atoms with Crippen LogP contribution < -0.4 is 4.74 Å². The molecule has 1 N–H and O–H groups in total. The number of carbonyl (C=O) groups is 2. The van der Waals surface area contributed by atoms with Gasteiger partial charge in [-0.2, -0.15) is 0 Å². The number of nitrogens with zero attached hydrogens (tertiary/aromatic N) is 1. The van der Waals surface area contributed by atoms with Crippen LogP contribution in [0.4, 0.5) is 0 Å². The van der Waals surface area contributed by atoms with E-state index in [1.165, 1.54) is 24.3 Å². The fourth-order valence-corrected chi connectivity index (χ4v) is 1.09. The third kappa shape index (κ3) is 3.70. The molecule has 0 aliphatic rings. The summed E-state index contributed by atoms with van der Waals surface area (Å²) in [7, 11) is 3.52. The second-order valence-corrected chi connectivity index (χ2v) is 3.54. The van der Waals surface area contributed by atoms with Gasteiger partial charge in [0, 0.05) is 0 Å². The van der Waals surface area contributed by atoms with E-state index in [0.717, 1.165) is 0 Å². The van der Waals surface area contributed by atoms with Gasteiger partial charge in [0.2, 0.25) is 0 Å². The molecule has 0 saturated carbocycles. The average molecular weight is 223 g/mol. The molecule has 0 aliphatic heterocycles. The van der Waals surface area contributed by atoms with Crippen LogP contribution in [0.15, 0.2) is 24.3 Å². The van der Waals surface area contributed by atoms with Crippen LogP contribution in [0.2, 0.25) is 0 Å². The van der Waals surface area contributed by atoms with E-state index in [4.69, 9.17) is 9.84 Å². The summed E-state index contributed by atoms with van der Waals surface area (Å²) in [6.45, 7) is 0.181. The van der Waals surface area contributed by atoms with E-state index < -0.39 is 5.97 Å². The molecule has 1 rings (SSSR count). The molecule has 0 radical (unpaired) electrons. The third-order valence-corrected chi connectivity index (χ3v) is 1.78. The van der Waals surface area contributed by atoms with Crippen molar-refractivity contribution in [3.8, 4) is 5.75 Å². The molecule has 86 valence electrons. The number of carboxylic acid groups (broad SMARTS) is 1. The van der Waals surface area contributed by atoms with Crippen molar-refractivity contribution < 1.29 is 19.4 Å². The van der Waals surface area contributed by atoms with Crippen molar-refractivity contribution >= 4 is 11.9 Å². The fraction of sp³-hybridized carbons (Fsp3) is 0.273. The molecule has 0 atom stereocenters. The number of hydrogen-bond acceptors (Lipinski definition) is 4. The maximum absolute atomic E-state index is 11.3. The third-order valence-electron chi connectivity index (χ3n) is 1.78. The maximum Gasteiger partial charge on any atom is 0.335 e. The SMILES string of the molecule is CN(C)CC(=O)Oc1ccc(C(=O)O)cc1. The normalized spacial score (nSPS) is 10.2. The highest BCUT2D eigenvalue weighted by Gasteiger charge is 2.07. The van der Waals surface area contributed by atoms with Crippen LogP contribution in [0.5, 0.6) is 5.75 Å². The number of hydrogen-bond donors (Lipinski definition) is 1. The first-order valence-electron chi connectivity index (χ1n) is 4.68. The number of ether oxygens (including phenoxy) is 1. The van der Waals surface area contributed by atoms with Crippen LogP contribution in [0.1, 0.15) is 10.4 Å². The van der Waals surface area contributed by atoms with Gasteiger partial charge in [0.25, 0.3) is 0 Å². The van der Waals surface area contributed by atoms with Crippen molar-refractivity contribution in [2.75, 3.05) is 20.6 Å². The van der Waals surface area contributed by atoms with E-state index in [-0.39, 0.29) is 18.1 Å². The van der Waals surface area contributed by atoms with Crippen LogP contribution in [0.25, 0.3) is 0 Å². The molecule has 5 nitrogen and oxygen atoms in total. The summed E-state index contributed by atoms with van der Waals surface area (Å²) < 4.78 is 4.99. The Balaban J connectivity index is 2.62. The van der Waals surface area contributed by atoms with Crippen molar-refractivity contribution in [2.45, 2.75) is 0 Å². The Morgan fingerprint density at radius 1 is 1.25 bits per heavy atom. The molecule has 0 spiro atoms. The molecule has 0 saturated heterocycles. The number of likely N-dealkylation sites (N-methyl/N-ethyl adjacent to an activating group) is 1. The van der Waals surface area contributed by atoms with Gasteiger partial charge in [0.05, 0.1) is 12.1 Å². The molecule has 1 aromatic carbocycles. The van der Waals surface area contributed by atoms with Gasteiger partial charge in [-0.1, -0.05) is 0 Å². The number of carboxylic acids is 1. The highest BCUT2D eigenvalue weighted by Crippen LogP contribution is 2.12. The van der Waals surface area contributed by atoms with Crippen molar-refractivity contribution in [2.24, 2.45) is 0 Å². The lowest BCUT2D eigenvalue weighted by Crippen LogP contribution is -2.25. The highest BCUT2D eigenvalue weighted by molar-refractivity contribution is 5.87. The summed E-state index contributed by atoms with van der Waals surface area (Å²) in [4.78, 5) is 23.5. The molecule has 0 bridgehead atoms. The number of aromatic carboxylic acids is 1. The average Bonchev–Trinajstić information content (AvgIpc) is 2.16. The Hall–Kier alpha value is -1.88. The predicted molar refractivity (Wildman–Crippen MR) is 57.6 cm³/mol. The number of carbonyl (C=O) groups excluding carboxylic acids is 1. The number of rotatable bonds is 4. The first-order chi connectivity index (χ1) is 7.49. The minimum Gasteiger partial charge on any atom is -0.478 e. The van der Waals surface area contributed by atoms with Gasteiger partial charge in [-0.25, -0.2) is 4.79 Å². The van der Waals surface area contributed by atoms with Gasteiger partial charge in [-0.15, -0.1) is 0 Å². The Morgan fingerprint density at radius 3 is 2.25 bits per heavy atom. The number of benzene rings is 1. The van der Waals surface area contributed by atoms with Crippen molar-refractivity contribution in [3.05, 3.63) is 29.8 Å². The van der Waals surface area contributed by atoms with Crippen molar-refractivity contribution in [3.63, 3.8) is 0 Å². The zero-order chi connectivity index (χ0) is 12.1. The zero-order valence-corrected chi connectivity index (χ0v) is 9.14. The maximum atomic E-state index is 11.3. The Kier molecular flexibility index (Phi) is 4.02. The molecule has 0 unspecified atom stereocenters. The number of esters is 1. The van der Waals surface area contributed by atoms with E-state index in [9.17, 15) is 9.59 Å². The second-order valence-electron chi connectivity index (χ2n) is 3.54. The first-order valence-corrected chi connectivity index (χ1v) is 4.68. The molecule has 0 aliphatic carbocycles. The molecule has 0 amide bonds. The summed E-state index contributed by atoms with van der Waals surface area (Å²) in [5.41, 5.74) is 0.160. The van der Waals surface area contributed by atoms with E-state index >= 15 is 0 Å². The van der Waals surface area contributed by atoms with Gasteiger partial charge in [0.15, 0.2) is 0 Å². The molecular formula is C11H13NO4. The van der Waals surface area contributed by atoms with Crippen molar-refractivity contribution in [1.82, 2.24) is 4.90 Å². The topological polar surface area (TPSA) is 66.8 Å². The summed E-state index contributed by atoms with van der Waals surface area (Å²) in [6, 6.07) is 5.69. The summed E-state index contributed by atoms with van der Waals surface area (Å²) >= 11 is 0. The van der Waals surface area contributed by atoms with E-state index in [1.807, 2.05) is 0 Å². The summed E-state index contributed by atoms with van der Waals surface area (Å²) in [6.07, 6.45) is 0. The second kappa shape index (κ2) is 5.27. The van der Waals surface area contributed by atoms with Crippen molar-refractivity contribution in [1.29, 1.82) is 0 Å². The van der Waals surface area contributed by atoms with Gasteiger partial charge in [0.1, 0.15) is 5.75 Å². The lowest BCUT2D eigenvalue weighted by Gasteiger charge is -2.09. The zero-order valence-electron chi connectivity index (χ0n) is 9.14. The van der Waals surface area contributed by atoms with Crippen LogP contribution in [-0.4, -0.2) is 42.6 Å². The minimum absolute atomic E-state index is 0.160. The Bertz CT molecular complexity index is 383. The molecule has 0 aromatic heterocycles. The molecule has 16 heavy (non-hydrogen) atoms. The Morgan fingerprint density at radius 2 is 1.81 bits per heavy atom. The van der Waals surface area contributed by atoms with Crippen LogP contribution in [0, 0.1) is 0 Å². The highest BCUT2D eigenvalue weighted by atomic mass is 16.5. The van der Waals surface area contributed by atoms with Gasteiger partial charge in [-0.3, -0.25) is 9.69 Å². The fourth-order valence-electron chi connectivity index (χ4n) is 1.09. The Labute approximate surface area is 93.2 Å². The summed E-state index contributed by atoms with van der Waals surface area (Å²) in [5, 5.41) is 8.66. The monoisotopic (exact) mass is 223 g/mol. The summed E-state index contributed by atoms with van der Waals surface area (Å²) in [5.74, 6) is -1.05. The van der Waals surface area contributed by atoms with Crippen LogP contribution >= 0.6 is 0 Å². The molecular weight excluding hydrogens is 210 g/mol. The first kappa shape index (κ1) is 12.2. The molecule has 5 heteroatoms. The van der Waals surface area contributed by atoms with Gasteiger partial charge >= 0.3 is 11.9 Å². The van der Waals surface area contributed by atoms with Gasteiger partial charge in [-0.05, 0) is 38.4 Å². The van der Waals surface area contributed by atoms with E-state index in [0.29, 0.717) is 5.75 Å². The minimum atomic E-state index is -1.01.